The summed E-state index contributed by atoms with van der Waals surface area (Å²) in [5, 5.41) is 3.51. The first-order valence-electron chi connectivity index (χ1n) is 6.31. The van der Waals surface area contributed by atoms with Gasteiger partial charge < -0.3 is 11.1 Å². The molecule has 1 aromatic carbocycles. The molecule has 0 aliphatic heterocycles. The summed E-state index contributed by atoms with van der Waals surface area (Å²) in [6.45, 7) is 6.69. The fraction of sp³-hybridized carbons (Fsp3) is 0.571. The Morgan fingerprint density at radius 2 is 2.00 bits per heavy atom. The number of benzene rings is 1. The second-order valence-corrected chi connectivity index (χ2v) is 4.38. The molecule has 0 saturated heterocycles. The fourth-order valence-electron chi connectivity index (χ4n) is 1.86. The van der Waals surface area contributed by atoms with Crippen LogP contribution in [0.25, 0.3) is 0 Å². The van der Waals surface area contributed by atoms with E-state index in [0.717, 1.165) is 31.1 Å². The fourth-order valence-corrected chi connectivity index (χ4v) is 1.86. The van der Waals surface area contributed by atoms with Crippen LogP contribution >= 0.6 is 0 Å². The Bertz CT molecular complexity index is 293. The molecule has 0 amide bonds. The van der Waals surface area contributed by atoms with Crippen molar-refractivity contribution < 1.29 is 0 Å². The van der Waals surface area contributed by atoms with Crippen LogP contribution < -0.4 is 11.1 Å². The van der Waals surface area contributed by atoms with Crippen LogP contribution in [0.5, 0.6) is 0 Å². The Balaban J connectivity index is 2.20. The third kappa shape index (κ3) is 4.67. The average molecular weight is 220 g/mol. The summed E-state index contributed by atoms with van der Waals surface area (Å²) in [6.07, 6.45) is 3.59. The molecule has 0 aromatic heterocycles. The molecule has 0 atom stereocenters. The van der Waals surface area contributed by atoms with Gasteiger partial charge in [0.1, 0.15) is 0 Å². The number of hydrogen-bond donors (Lipinski definition) is 2. The molecule has 2 nitrogen and oxygen atoms in total. The van der Waals surface area contributed by atoms with E-state index in [4.69, 9.17) is 5.73 Å². The van der Waals surface area contributed by atoms with Crippen LogP contribution in [0, 0.1) is 5.92 Å². The third-order valence-electron chi connectivity index (χ3n) is 3.13. The third-order valence-corrected chi connectivity index (χ3v) is 3.13. The number of nitrogens with two attached hydrogens (primary N) is 1. The number of nitrogens with one attached hydrogen (secondary N) is 1. The molecule has 0 saturated carbocycles. The minimum absolute atomic E-state index is 0.820. The van der Waals surface area contributed by atoms with Crippen LogP contribution in [-0.4, -0.2) is 13.1 Å². The minimum atomic E-state index is 0.820. The summed E-state index contributed by atoms with van der Waals surface area (Å²) in [7, 11) is 0. The molecule has 0 aliphatic carbocycles. The van der Waals surface area contributed by atoms with E-state index in [2.05, 4.69) is 31.3 Å². The van der Waals surface area contributed by atoms with Crippen molar-refractivity contribution in [1.82, 2.24) is 5.32 Å². The highest BCUT2D eigenvalue weighted by Crippen LogP contribution is 2.07. The van der Waals surface area contributed by atoms with E-state index in [-0.39, 0.29) is 0 Å². The van der Waals surface area contributed by atoms with Crippen molar-refractivity contribution in [2.75, 3.05) is 18.8 Å². The molecule has 0 radical (unpaired) electrons. The smallest absolute Gasteiger partial charge is 0.0316 e. The second kappa shape index (κ2) is 7.29. The molecular formula is C14H24N2. The first-order valence-corrected chi connectivity index (χ1v) is 6.31. The van der Waals surface area contributed by atoms with Crippen LogP contribution in [-0.2, 0) is 6.42 Å². The Kier molecular flexibility index (Phi) is 5.94. The van der Waals surface area contributed by atoms with Gasteiger partial charge >= 0.3 is 0 Å². The van der Waals surface area contributed by atoms with Crippen molar-refractivity contribution in [3.8, 4) is 0 Å². The molecule has 3 N–H and O–H groups in total. The van der Waals surface area contributed by atoms with Crippen molar-refractivity contribution in [3.63, 3.8) is 0 Å². The molecule has 16 heavy (non-hydrogen) atoms. The van der Waals surface area contributed by atoms with E-state index < -0.39 is 0 Å². The van der Waals surface area contributed by atoms with Crippen molar-refractivity contribution in [2.45, 2.75) is 33.1 Å². The average Bonchev–Trinajstić information content (AvgIpc) is 2.29. The Hall–Kier alpha value is -1.02. The van der Waals surface area contributed by atoms with E-state index in [1.165, 1.54) is 18.4 Å². The molecule has 0 aliphatic rings. The molecule has 0 heterocycles. The van der Waals surface area contributed by atoms with Gasteiger partial charge in [-0.3, -0.25) is 0 Å². The first-order chi connectivity index (χ1) is 7.76. The van der Waals surface area contributed by atoms with Gasteiger partial charge in [0.15, 0.2) is 0 Å². The number of hydrogen-bond acceptors (Lipinski definition) is 2. The van der Waals surface area contributed by atoms with Gasteiger partial charge in [-0.2, -0.15) is 0 Å². The van der Waals surface area contributed by atoms with Gasteiger partial charge in [0, 0.05) is 5.69 Å². The predicted octanol–water partition coefficient (Wildman–Crippen LogP) is 2.84. The summed E-state index contributed by atoms with van der Waals surface area (Å²) in [6, 6.07) is 8.14. The summed E-state index contributed by atoms with van der Waals surface area (Å²) in [4.78, 5) is 0. The van der Waals surface area contributed by atoms with E-state index in [1.54, 1.807) is 0 Å². The highest BCUT2D eigenvalue weighted by atomic mass is 14.8. The molecule has 0 spiro atoms. The van der Waals surface area contributed by atoms with Crippen LogP contribution in [0.4, 0.5) is 5.69 Å². The lowest BCUT2D eigenvalue weighted by atomic mass is 10.0. The standard InChI is InChI=1S/C14H24N2/c1-3-12(4-2)11-16-9-8-13-6-5-7-14(15)10-13/h5-7,10,12,16H,3-4,8-9,11,15H2,1-2H3. The lowest BCUT2D eigenvalue weighted by Crippen LogP contribution is -2.24. The maximum atomic E-state index is 5.73. The number of nitrogen functional groups attached to an aromatic ring is 1. The van der Waals surface area contributed by atoms with Gasteiger partial charge in [0.05, 0.1) is 0 Å². The van der Waals surface area contributed by atoms with Gasteiger partial charge in [0.25, 0.3) is 0 Å². The Morgan fingerprint density at radius 3 is 2.62 bits per heavy atom. The lowest BCUT2D eigenvalue weighted by Gasteiger charge is -2.13. The zero-order chi connectivity index (χ0) is 11.8. The molecule has 90 valence electrons. The maximum absolute atomic E-state index is 5.73. The second-order valence-electron chi connectivity index (χ2n) is 4.38. The zero-order valence-electron chi connectivity index (χ0n) is 10.5. The SMILES string of the molecule is CCC(CC)CNCCc1cccc(N)c1. The molecule has 1 aromatic rings. The summed E-state index contributed by atoms with van der Waals surface area (Å²) in [5.41, 5.74) is 7.91. The normalized spacial score (nSPS) is 10.9. The van der Waals surface area contributed by atoms with Crippen molar-refractivity contribution in [2.24, 2.45) is 5.92 Å². The summed E-state index contributed by atoms with van der Waals surface area (Å²) in [5.74, 6) is 0.820. The summed E-state index contributed by atoms with van der Waals surface area (Å²) < 4.78 is 0. The first kappa shape index (κ1) is 13.0. The Labute approximate surface area is 99.2 Å². The lowest BCUT2D eigenvalue weighted by molar-refractivity contribution is 0.452. The predicted molar refractivity (Wildman–Crippen MR) is 71.5 cm³/mol. The van der Waals surface area contributed by atoms with Gasteiger partial charge in [-0.15, -0.1) is 0 Å². The monoisotopic (exact) mass is 220 g/mol. The molecule has 0 fully saturated rings. The van der Waals surface area contributed by atoms with E-state index in [1.807, 2.05) is 12.1 Å². The largest absolute Gasteiger partial charge is 0.399 e. The van der Waals surface area contributed by atoms with Crippen LogP contribution in [0.2, 0.25) is 0 Å². The molecule has 0 bridgehead atoms. The van der Waals surface area contributed by atoms with E-state index in [9.17, 15) is 0 Å². The Morgan fingerprint density at radius 1 is 1.25 bits per heavy atom. The van der Waals surface area contributed by atoms with Gasteiger partial charge in [0.2, 0.25) is 0 Å². The molecule has 1 rings (SSSR count). The van der Waals surface area contributed by atoms with Gasteiger partial charge in [-0.25, -0.2) is 0 Å². The quantitative estimate of drug-likeness (QED) is 0.548. The highest BCUT2D eigenvalue weighted by molar-refractivity contribution is 5.40. The van der Waals surface area contributed by atoms with Crippen LogP contribution in [0.15, 0.2) is 24.3 Å². The van der Waals surface area contributed by atoms with E-state index in [0.29, 0.717) is 0 Å². The number of rotatable bonds is 7. The van der Waals surface area contributed by atoms with E-state index >= 15 is 0 Å². The van der Waals surface area contributed by atoms with Crippen molar-refractivity contribution >= 4 is 5.69 Å². The minimum Gasteiger partial charge on any atom is -0.399 e. The topological polar surface area (TPSA) is 38.0 Å². The van der Waals surface area contributed by atoms with Crippen LogP contribution in [0.3, 0.4) is 0 Å². The van der Waals surface area contributed by atoms with Gasteiger partial charge in [-0.05, 0) is 43.1 Å². The molecule has 2 heteroatoms. The van der Waals surface area contributed by atoms with Crippen molar-refractivity contribution in [1.29, 1.82) is 0 Å². The summed E-state index contributed by atoms with van der Waals surface area (Å²) >= 11 is 0. The molecule has 0 unspecified atom stereocenters. The maximum Gasteiger partial charge on any atom is 0.0316 e. The molecular weight excluding hydrogens is 196 g/mol. The zero-order valence-corrected chi connectivity index (χ0v) is 10.5. The van der Waals surface area contributed by atoms with Crippen molar-refractivity contribution in [3.05, 3.63) is 29.8 Å². The number of anilines is 1. The van der Waals surface area contributed by atoms with Gasteiger partial charge in [-0.1, -0.05) is 38.8 Å². The highest BCUT2D eigenvalue weighted by Gasteiger charge is 2.01. The van der Waals surface area contributed by atoms with Crippen LogP contribution in [0.1, 0.15) is 32.3 Å².